The summed E-state index contributed by atoms with van der Waals surface area (Å²) in [4.78, 5) is 12.6. The Labute approximate surface area is 229 Å². The Hall–Kier alpha value is -5.02. The van der Waals surface area contributed by atoms with Crippen LogP contribution in [0.2, 0.25) is 0 Å². The minimum Gasteiger partial charge on any atom is -0.490 e. The average Bonchev–Trinajstić information content (AvgIpc) is 2.97. The molecule has 4 aromatic rings. The number of hydrogen-bond donors (Lipinski definition) is 1. The number of para-hydroxylation sites is 1. The van der Waals surface area contributed by atoms with Gasteiger partial charge in [0.2, 0.25) is 0 Å². The van der Waals surface area contributed by atoms with Crippen molar-refractivity contribution >= 4 is 17.7 Å². The highest BCUT2D eigenvalue weighted by molar-refractivity contribution is 6.09. The Morgan fingerprint density at radius 2 is 1.54 bits per heavy atom. The van der Waals surface area contributed by atoms with Gasteiger partial charge in [-0.25, -0.2) is 0 Å². The van der Waals surface area contributed by atoms with E-state index >= 15 is 0 Å². The Kier molecular flexibility index (Phi) is 9.36. The van der Waals surface area contributed by atoms with Gasteiger partial charge in [-0.05, 0) is 72.5 Å². The third kappa shape index (κ3) is 7.73. The Balaban J connectivity index is 1.37. The molecular weight excluding hydrogens is 488 g/mol. The van der Waals surface area contributed by atoms with Crippen LogP contribution in [0.15, 0.2) is 103 Å². The fourth-order valence-corrected chi connectivity index (χ4v) is 3.81. The van der Waals surface area contributed by atoms with Gasteiger partial charge < -0.3 is 19.5 Å². The summed E-state index contributed by atoms with van der Waals surface area (Å²) in [5.74, 6) is 1.56. The molecule has 0 saturated heterocycles. The van der Waals surface area contributed by atoms with Crippen LogP contribution in [0.25, 0.3) is 6.08 Å². The summed E-state index contributed by atoms with van der Waals surface area (Å²) in [6.07, 6.45) is 1.56. The number of aryl methyl sites for hydroxylation is 1. The van der Waals surface area contributed by atoms with Crippen LogP contribution in [0.1, 0.15) is 29.2 Å². The second kappa shape index (κ2) is 13.5. The number of anilines is 1. The highest BCUT2D eigenvalue weighted by Crippen LogP contribution is 2.30. The molecule has 4 aromatic carbocycles. The lowest BCUT2D eigenvalue weighted by Gasteiger charge is -2.14. The molecule has 1 N–H and O–H groups in total. The van der Waals surface area contributed by atoms with Gasteiger partial charge in [-0.3, -0.25) is 4.79 Å². The van der Waals surface area contributed by atoms with Gasteiger partial charge in [-0.1, -0.05) is 66.7 Å². The zero-order valence-electron chi connectivity index (χ0n) is 22.0. The van der Waals surface area contributed by atoms with E-state index in [4.69, 9.17) is 14.2 Å². The first-order chi connectivity index (χ1) is 19.1. The molecule has 0 bridgehead atoms. The molecular formula is C33H30N2O4. The zero-order valence-corrected chi connectivity index (χ0v) is 22.0. The van der Waals surface area contributed by atoms with Crippen molar-refractivity contribution in [2.45, 2.75) is 27.1 Å². The molecule has 0 radical (unpaired) electrons. The summed E-state index contributed by atoms with van der Waals surface area (Å²) in [5, 5.41) is 12.3. The van der Waals surface area contributed by atoms with Crippen LogP contribution in [0.5, 0.6) is 17.2 Å². The van der Waals surface area contributed by atoms with Gasteiger partial charge in [0.25, 0.3) is 5.91 Å². The van der Waals surface area contributed by atoms with Crippen molar-refractivity contribution in [3.05, 3.63) is 125 Å². The number of carbonyl (C=O) groups excluding carboxylic acids is 1. The minimum atomic E-state index is -0.451. The van der Waals surface area contributed by atoms with E-state index in [0.29, 0.717) is 42.8 Å². The first kappa shape index (κ1) is 27.0. The summed E-state index contributed by atoms with van der Waals surface area (Å²) < 4.78 is 17.7. The van der Waals surface area contributed by atoms with Crippen molar-refractivity contribution in [3.63, 3.8) is 0 Å². The van der Waals surface area contributed by atoms with Crippen molar-refractivity contribution in [2.75, 3.05) is 11.9 Å². The van der Waals surface area contributed by atoms with E-state index in [1.807, 2.05) is 86.6 Å². The van der Waals surface area contributed by atoms with E-state index in [9.17, 15) is 10.1 Å². The summed E-state index contributed by atoms with van der Waals surface area (Å²) >= 11 is 0. The molecule has 0 aliphatic carbocycles. The molecule has 0 aromatic heterocycles. The molecule has 0 atom stereocenters. The van der Waals surface area contributed by atoms with Crippen LogP contribution in [0, 0.1) is 18.3 Å². The second-order valence-corrected chi connectivity index (χ2v) is 8.78. The fraction of sp³-hybridized carbons (Fsp3) is 0.152. The topological polar surface area (TPSA) is 80.6 Å². The quantitative estimate of drug-likeness (QED) is 0.169. The Morgan fingerprint density at radius 3 is 2.26 bits per heavy atom. The van der Waals surface area contributed by atoms with Crippen molar-refractivity contribution < 1.29 is 19.0 Å². The van der Waals surface area contributed by atoms with Gasteiger partial charge in [0.05, 0.1) is 6.61 Å². The number of nitriles is 1. The molecule has 6 nitrogen and oxygen atoms in total. The van der Waals surface area contributed by atoms with Crippen molar-refractivity contribution in [1.29, 1.82) is 5.26 Å². The third-order valence-corrected chi connectivity index (χ3v) is 5.90. The molecule has 0 aliphatic heterocycles. The van der Waals surface area contributed by atoms with Gasteiger partial charge in [0.1, 0.15) is 30.6 Å². The van der Waals surface area contributed by atoms with Gasteiger partial charge in [0, 0.05) is 5.69 Å². The first-order valence-electron chi connectivity index (χ1n) is 12.7. The lowest BCUT2D eigenvalue weighted by Crippen LogP contribution is -2.14. The van der Waals surface area contributed by atoms with E-state index in [1.54, 1.807) is 36.4 Å². The lowest BCUT2D eigenvalue weighted by atomic mass is 10.1. The van der Waals surface area contributed by atoms with E-state index in [0.717, 1.165) is 22.3 Å². The van der Waals surface area contributed by atoms with Gasteiger partial charge in [-0.2, -0.15) is 5.26 Å². The molecule has 6 heteroatoms. The number of rotatable bonds is 11. The summed E-state index contributed by atoms with van der Waals surface area (Å²) in [5.41, 5.74) is 4.36. The molecule has 0 saturated carbocycles. The van der Waals surface area contributed by atoms with Crippen molar-refractivity contribution in [2.24, 2.45) is 0 Å². The SMILES string of the molecule is CCOc1cc(COc2ccc(/C=C(/C#N)C(=O)Nc3ccccc3C)cc2)ccc1OCc1ccccc1. The fourth-order valence-electron chi connectivity index (χ4n) is 3.81. The van der Waals surface area contributed by atoms with E-state index in [2.05, 4.69) is 5.32 Å². The molecule has 0 heterocycles. The van der Waals surface area contributed by atoms with E-state index in [-0.39, 0.29) is 5.57 Å². The highest BCUT2D eigenvalue weighted by atomic mass is 16.5. The molecule has 4 rings (SSSR count). The van der Waals surface area contributed by atoms with Crippen LogP contribution in [-0.4, -0.2) is 12.5 Å². The summed E-state index contributed by atoms with van der Waals surface area (Å²) in [7, 11) is 0. The molecule has 1 amide bonds. The highest BCUT2D eigenvalue weighted by Gasteiger charge is 2.11. The zero-order chi connectivity index (χ0) is 27.5. The maximum absolute atomic E-state index is 12.6. The number of nitrogens with zero attached hydrogens (tertiary/aromatic N) is 1. The van der Waals surface area contributed by atoms with Crippen LogP contribution in [0.4, 0.5) is 5.69 Å². The van der Waals surface area contributed by atoms with Crippen LogP contribution in [0.3, 0.4) is 0 Å². The molecule has 0 fully saturated rings. The average molecular weight is 519 g/mol. The number of nitrogens with one attached hydrogen (secondary N) is 1. The minimum absolute atomic E-state index is 0.0185. The molecule has 0 spiro atoms. The Bertz CT molecular complexity index is 1470. The largest absolute Gasteiger partial charge is 0.490 e. The normalized spacial score (nSPS) is 10.8. The van der Waals surface area contributed by atoms with E-state index < -0.39 is 5.91 Å². The second-order valence-electron chi connectivity index (χ2n) is 8.78. The van der Waals surface area contributed by atoms with Crippen LogP contribution >= 0.6 is 0 Å². The molecule has 196 valence electrons. The number of hydrogen-bond acceptors (Lipinski definition) is 5. The van der Waals surface area contributed by atoms with Gasteiger partial charge >= 0.3 is 0 Å². The summed E-state index contributed by atoms with van der Waals surface area (Å²) in [6, 6.07) is 32.4. The monoisotopic (exact) mass is 518 g/mol. The van der Waals surface area contributed by atoms with Gasteiger partial charge in [0.15, 0.2) is 11.5 Å². The predicted molar refractivity (Wildman–Crippen MR) is 153 cm³/mol. The number of amides is 1. The molecule has 39 heavy (non-hydrogen) atoms. The lowest BCUT2D eigenvalue weighted by molar-refractivity contribution is -0.112. The number of ether oxygens (including phenoxy) is 3. The first-order valence-corrected chi connectivity index (χ1v) is 12.7. The standard InChI is InChI=1S/C33H30N2O4/c1-3-37-32-20-27(15-18-31(32)39-22-26-10-5-4-6-11-26)23-38-29-16-13-25(14-17-29)19-28(21-34)33(36)35-30-12-8-7-9-24(30)2/h4-20H,3,22-23H2,1-2H3,(H,35,36)/b28-19-. The number of benzene rings is 4. The molecule has 0 unspecified atom stereocenters. The van der Waals surface area contributed by atoms with Crippen molar-refractivity contribution in [1.82, 2.24) is 0 Å². The van der Waals surface area contributed by atoms with Crippen LogP contribution in [-0.2, 0) is 18.0 Å². The van der Waals surface area contributed by atoms with Gasteiger partial charge in [-0.15, -0.1) is 0 Å². The van der Waals surface area contributed by atoms with E-state index in [1.165, 1.54) is 0 Å². The molecule has 0 aliphatic rings. The van der Waals surface area contributed by atoms with Crippen molar-refractivity contribution in [3.8, 4) is 23.3 Å². The predicted octanol–water partition coefficient (Wildman–Crippen LogP) is 7.10. The maximum Gasteiger partial charge on any atom is 0.266 e. The number of carbonyl (C=O) groups is 1. The smallest absolute Gasteiger partial charge is 0.266 e. The van der Waals surface area contributed by atoms with Crippen LogP contribution < -0.4 is 19.5 Å². The maximum atomic E-state index is 12.6. The summed E-state index contributed by atoms with van der Waals surface area (Å²) in [6.45, 7) is 5.16. The third-order valence-electron chi connectivity index (χ3n) is 5.90. The Morgan fingerprint density at radius 1 is 0.821 bits per heavy atom.